The van der Waals surface area contributed by atoms with Crippen molar-refractivity contribution in [1.82, 2.24) is 4.98 Å². The van der Waals surface area contributed by atoms with Gasteiger partial charge in [0.2, 0.25) is 0 Å². The van der Waals surface area contributed by atoms with E-state index in [1.54, 1.807) is 12.1 Å². The van der Waals surface area contributed by atoms with Crippen LogP contribution in [-0.2, 0) is 0 Å². The first-order valence-electron chi connectivity index (χ1n) is 7.72. The number of pyridine rings is 1. The van der Waals surface area contributed by atoms with Crippen molar-refractivity contribution in [2.75, 3.05) is 0 Å². The lowest BCUT2D eigenvalue weighted by Crippen LogP contribution is -1.90. The van der Waals surface area contributed by atoms with E-state index in [0.29, 0.717) is 10.0 Å². The molecule has 25 heavy (non-hydrogen) atoms. The molecule has 0 bridgehead atoms. The van der Waals surface area contributed by atoms with E-state index < -0.39 is 0 Å². The predicted octanol–water partition coefficient (Wildman–Crippen LogP) is 7.01. The van der Waals surface area contributed by atoms with E-state index in [1.807, 2.05) is 48.5 Å². The van der Waals surface area contributed by atoms with Gasteiger partial charge in [-0.1, -0.05) is 47.5 Å². The molecule has 0 saturated heterocycles. The topological polar surface area (TPSA) is 12.9 Å². The van der Waals surface area contributed by atoms with Crippen LogP contribution in [0.4, 0.5) is 4.39 Å². The minimum absolute atomic E-state index is 0.266. The molecule has 1 aromatic heterocycles. The average molecular weight is 368 g/mol. The molecule has 0 saturated carbocycles. The molecule has 4 aromatic rings. The van der Waals surface area contributed by atoms with E-state index in [1.165, 1.54) is 12.1 Å². The van der Waals surface area contributed by atoms with Gasteiger partial charge in [0.25, 0.3) is 0 Å². The summed E-state index contributed by atoms with van der Waals surface area (Å²) in [4.78, 5) is 4.74. The standard InChI is InChI=1S/C21H12Cl2FN/c22-15-5-1-14(2-6-15)21-12-18(13-3-8-17(24)9-4-13)19-11-16(23)7-10-20(19)25-21/h1-12H. The molecule has 1 heterocycles. The maximum Gasteiger partial charge on any atom is 0.123 e. The first-order chi connectivity index (χ1) is 12.1. The van der Waals surface area contributed by atoms with Crippen molar-refractivity contribution in [2.45, 2.75) is 0 Å². The van der Waals surface area contributed by atoms with E-state index >= 15 is 0 Å². The number of rotatable bonds is 2. The van der Waals surface area contributed by atoms with Gasteiger partial charge in [0.15, 0.2) is 0 Å². The van der Waals surface area contributed by atoms with Gasteiger partial charge in [-0.15, -0.1) is 0 Å². The van der Waals surface area contributed by atoms with Crippen molar-refractivity contribution in [3.05, 3.63) is 88.7 Å². The number of benzene rings is 3. The van der Waals surface area contributed by atoms with Gasteiger partial charge in [0.1, 0.15) is 5.82 Å². The zero-order valence-electron chi connectivity index (χ0n) is 13.0. The van der Waals surface area contributed by atoms with Gasteiger partial charge in [0, 0.05) is 21.0 Å². The molecule has 0 aliphatic heterocycles. The Labute approximate surface area is 154 Å². The molecule has 0 amide bonds. The van der Waals surface area contributed by atoms with Crippen LogP contribution >= 0.6 is 23.2 Å². The zero-order valence-corrected chi connectivity index (χ0v) is 14.5. The number of hydrogen-bond acceptors (Lipinski definition) is 1. The van der Waals surface area contributed by atoms with Crippen LogP contribution in [0.1, 0.15) is 0 Å². The minimum atomic E-state index is -0.266. The molecule has 0 fully saturated rings. The Kier molecular flexibility index (Phi) is 4.16. The zero-order chi connectivity index (χ0) is 17.4. The number of halogens is 3. The first-order valence-corrected chi connectivity index (χ1v) is 8.48. The molecule has 1 nitrogen and oxygen atoms in total. The summed E-state index contributed by atoms with van der Waals surface area (Å²) in [5, 5.41) is 2.24. The summed E-state index contributed by atoms with van der Waals surface area (Å²) in [7, 11) is 0. The molecule has 3 aromatic carbocycles. The average Bonchev–Trinajstić information content (AvgIpc) is 2.62. The fourth-order valence-electron chi connectivity index (χ4n) is 2.83. The quantitative estimate of drug-likeness (QED) is 0.371. The van der Waals surface area contributed by atoms with Crippen LogP contribution in [0.5, 0.6) is 0 Å². The summed E-state index contributed by atoms with van der Waals surface area (Å²) >= 11 is 12.2. The Balaban J connectivity index is 1.99. The Hall–Kier alpha value is -2.42. The Morgan fingerprint density at radius 3 is 2.04 bits per heavy atom. The van der Waals surface area contributed by atoms with E-state index in [-0.39, 0.29) is 5.82 Å². The summed E-state index contributed by atoms with van der Waals surface area (Å²) in [6.45, 7) is 0. The third kappa shape index (κ3) is 3.23. The lowest BCUT2D eigenvalue weighted by Gasteiger charge is -2.11. The van der Waals surface area contributed by atoms with E-state index in [2.05, 4.69) is 0 Å². The monoisotopic (exact) mass is 367 g/mol. The van der Waals surface area contributed by atoms with Crippen LogP contribution in [0.15, 0.2) is 72.8 Å². The van der Waals surface area contributed by atoms with Crippen molar-refractivity contribution in [3.63, 3.8) is 0 Å². The van der Waals surface area contributed by atoms with Crippen LogP contribution in [0.3, 0.4) is 0 Å². The highest BCUT2D eigenvalue weighted by molar-refractivity contribution is 6.31. The Bertz CT molecular complexity index is 1060. The molecule has 0 aliphatic rings. The summed E-state index contributed by atoms with van der Waals surface area (Å²) in [5.74, 6) is -0.266. The third-order valence-corrected chi connectivity index (χ3v) is 4.55. The fraction of sp³-hybridized carbons (Fsp3) is 0. The maximum absolute atomic E-state index is 13.3. The van der Waals surface area contributed by atoms with E-state index in [9.17, 15) is 4.39 Å². The van der Waals surface area contributed by atoms with Crippen molar-refractivity contribution >= 4 is 34.1 Å². The second-order valence-corrected chi connectivity index (χ2v) is 6.60. The first kappa shape index (κ1) is 16.1. The molecule has 0 N–H and O–H groups in total. The number of aromatic nitrogens is 1. The second kappa shape index (κ2) is 6.47. The highest BCUT2D eigenvalue weighted by Gasteiger charge is 2.10. The fourth-order valence-corrected chi connectivity index (χ4v) is 3.13. The van der Waals surface area contributed by atoms with Crippen molar-refractivity contribution in [3.8, 4) is 22.4 Å². The normalized spacial score (nSPS) is 11.0. The van der Waals surface area contributed by atoms with Crippen molar-refractivity contribution in [1.29, 1.82) is 0 Å². The minimum Gasteiger partial charge on any atom is -0.248 e. The lowest BCUT2D eigenvalue weighted by atomic mass is 9.98. The van der Waals surface area contributed by atoms with Gasteiger partial charge >= 0.3 is 0 Å². The van der Waals surface area contributed by atoms with Crippen LogP contribution in [-0.4, -0.2) is 4.98 Å². The Morgan fingerprint density at radius 2 is 1.32 bits per heavy atom. The van der Waals surface area contributed by atoms with Crippen molar-refractivity contribution < 1.29 is 4.39 Å². The molecule has 0 aliphatic carbocycles. The maximum atomic E-state index is 13.3. The number of hydrogen-bond donors (Lipinski definition) is 0. The molecule has 122 valence electrons. The van der Waals surface area contributed by atoms with Crippen LogP contribution in [0, 0.1) is 5.82 Å². The number of fused-ring (bicyclic) bond motifs is 1. The van der Waals surface area contributed by atoms with Gasteiger partial charge in [-0.2, -0.15) is 0 Å². The van der Waals surface area contributed by atoms with E-state index in [4.69, 9.17) is 28.2 Å². The summed E-state index contributed by atoms with van der Waals surface area (Å²) in [5.41, 5.74) is 4.48. The molecule has 0 unspecified atom stereocenters. The highest BCUT2D eigenvalue weighted by Crippen LogP contribution is 2.33. The van der Waals surface area contributed by atoms with Crippen LogP contribution in [0.2, 0.25) is 10.0 Å². The SMILES string of the molecule is Fc1ccc(-c2cc(-c3ccc(Cl)cc3)nc3ccc(Cl)cc23)cc1. The number of nitrogens with zero attached hydrogens (tertiary/aromatic N) is 1. The summed E-state index contributed by atoms with van der Waals surface area (Å²) in [6, 6.07) is 21.5. The van der Waals surface area contributed by atoms with Gasteiger partial charge in [-0.25, -0.2) is 9.37 Å². The largest absolute Gasteiger partial charge is 0.248 e. The van der Waals surface area contributed by atoms with Crippen LogP contribution < -0.4 is 0 Å². The summed E-state index contributed by atoms with van der Waals surface area (Å²) in [6.07, 6.45) is 0. The molecular formula is C21H12Cl2FN. The smallest absolute Gasteiger partial charge is 0.123 e. The predicted molar refractivity (Wildman–Crippen MR) is 103 cm³/mol. The molecule has 0 spiro atoms. The van der Waals surface area contributed by atoms with Gasteiger partial charge in [0.05, 0.1) is 11.2 Å². The lowest BCUT2D eigenvalue weighted by molar-refractivity contribution is 0.628. The molecule has 0 radical (unpaired) electrons. The summed E-state index contributed by atoms with van der Waals surface area (Å²) < 4.78 is 13.3. The Morgan fingerprint density at radius 1 is 0.680 bits per heavy atom. The second-order valence-electron chi connectivity index (χ2n) is 5.73. The highest BCUT2D eigenvalue weighted by atomic mass is 35.5. The third-order valence-electron chi connectivity index (χ3n) is 4.07. The molecule has 4 rings (SSSR count). The molecule has 0 atom stereocenters. The van der Waals surface area contributed by atoms with Gasteiger partial charge < -0.3 is 0 Å². The molecule has 4 heteroatoms. The molecular weight excluding hydrogens is 356 g/mol. The van der Waals surface area contributed by atoms with Crippen LogP contribution in [0.25, 0.3) is 33.3 Å². The van der Waals surface area contributed by atoms with E-state index in [0.717, 1.165) is 33.3 Å². The van der Waals surface area contributed by atoms with Crippen molar-refractivity contribution in [2.24, 2.45) is 0 Å². The van der Waals surface area contributed by atoms with Gasteiger partial charge in [-0.3, -0.25) is 0 Å². The van der Waals surface area contributed by atoms with Gasteiger partial charge in [-0.05, 0) is 59.7 Å².